The third kappa shape index (κ3) is 1.47. The van der Waals surface area contributed by atoms with E-state index in [-0.39, 0.29) is 20.1 Å². The fourth-order valence-electron chi connectivity index (χ4n) is 1.60. The van der Waals surface area contributed by atoms with Crippen LogP contribution < -0.4 is 0 Å². The Morgan fingerprint density at radius 3 is 2.79 bits per heavy atom. The Kier molecular flexibility index (Phi) is 2.85. The summed E-state index contributed by atoms with van der Waals surface area (Å²) < 4.78 is 1.41. The van der Waals surface area contributed by atoms with Crippen LogP contribution in [0, 0.1) is 0 Å². The van der Waals surface area contributed by atoms with Crippen molar-refractivity contribution >= 4 is 35.1 Å². The third-order valence-corrected chi connectivity index (χ3v) is 3.89. The second-order valence-electron chi connectivity index (χ2n) is 2.99. The summed E-state index contributed by atoms with van der Waals surface area (Å²) in [5.41, 5.74) is 1.19. The predicted molar refractivity (Wildman–Crippen MR) is 56.2 cm³/mol. The van der Waals surface area contributed by atoms with Gasteiger partial charge >= 0.3 is 81.5 Å². The van der Waals surface area contributed by atoms with E-state index in [4.69, 9.17) is 0 Å². The SMILES string of the molecule is [Ir].c1ccc2c(c1)ccc1[se]cnc12. The summed E-state index contributed by atoms with van der Waals surface area (Å²) in [5.74, 6) is 0. The van der Waals surface area contributed by atoms with Gasteiger partial charge in [-0.1, -0.05) is 0 Å². The van der Waals surface area contributed by atoms with Gasteiger partial charge in [-0.2, -0.15) is 0 Å². The minimum atomic E-state index is 0. The van der Waals surface area contributed by atoms with E-state index in [9.17, 15) is 0 Å². The van der Waals surface area contributed by atoms with Crippen molar-refractivity contribution in [1.29, 1.82) is 0 Å². The number of fused-ring (bicyclic) bond motifs is 3. The van der Waals surface area contributed by atoms with Gasteiger partial charge in [0.25, 0.3) is 0 Å². The summed E-state index contributed by atoms with van der Waals surface area (Å²) in [4.78, 5) is 4.43. The fraction of sp³-hybridized carbons (Fsp3) is 0. The Balaban J connectivity index is 0.000000750. The van der Waals surface area contributed by atoms with Crippen molar-refractivity contribution in [3.05, 3.63) is 41.5 Å². The van der Waals surface area contributed by atoms with Crippen molar-refractivity contribution in [1.82, 2.24) is 4.98 Å². The van der Waals surface area contributed by atoms with Crippen LogP contribution in [0.4, 0.5) is 0 Å². The van der Waals surface area contributed by atoms with Gasteiger partial charge in [0.05, 0.1) is 0 Å². The van der Waals surface area contributed by atoms with Crippen LogP contribution in [0.2, 0.25) is 0 Å². The molecule has 0 amide bonds. The van der Waals surface area contributed by atoms with Gasteiger partial charge in [-0.15, -0.1) is 0 Å². The van der Waals surface area contributed by atoms with Gasteiger partial charge in [0, 0.05) is 20.1 Å². The Morgan fingerprint density at radius 2 is 1.86 bits per heavy atom. The van der Waals surface area contributed by atoms with E-state index < -0.39 is 0 Å². The van der Waals surface area contributed by atoms with Crippen LogP contribution in [0.25, 0.3) is 20.5 Å². The Hall–Kier alpha value is -0.461. The van der Waals surface area contributed by atoms with E-state index >= 15 is 0 Å². The molecule has 0 aliphatic carbocycles. The zero-order chi connectivity index (χ0) is 8.67. The molecule has 0 bridgehead atoms. The first-order valence-electron chi connectivity index (χ1n) is 4.16. The average Bonchev–Trinajstić information content (AvgIpc) is 2.65. The van der Waals surface area contributed by atoms with E-state index in [1.165, 1.54) is 20.5 Å². The van der Waals surface area contributed by atoms with E-state index in [0.29, 0.717) is 14.5 Å². The number of benzene rings is 2. The number of rotatable bonds is 0. The van der Waals surface area contributed by atoms with E-state index in [1.54, 1.807) is 0 Å². The van der Waals surface area contributed by atoms with Crippen LogP contribution in [-0.4, -0.2) is 19.5 Å². The zero-order valence-electron chi connectivity index (χ0n) is 7.23. The van der Waals surface area contributed by atoms with Crippen LogP contribution >= 0.6 is 0 Å². The molecule has 0 aliphatic heterocycles. The molecule has 71 valence electrons. The summed E-state index contributed by atoms with van der Waals surface area (Å²) in [6.45, 7) is 0. The quantitative estimate of drug-likeness (QED) is 0.506. The molecule has 3 rings (SSSR count). The molecule has 0 N–H and O–H groups in total. The van der Waals surface area contributed by atoms with E-state index in [0.717, 1.165) is 0 Å². The molecule has 1 heterocycles. The molecule has 0 fully saturated rings. The van der Waals surface area contributed by atoms with E-state index in [1.807, 2.05) is 5.07 Å². The molecule has 0 aliphatic rings. The Morgan fingerprint density at radius 1 is 1.00 bits per heavy atom. The molecule has 0 saturated carbocycles. The van der Waals surface area contributed by atoms with Gasteiger partial charge < -0.3 is 0 Å². The zero-order valence-corrected chi connectivity index (χ0v) is 11.3. The van der Waals surface area contributed by atoms with Crippen LogP contribution in [0.5, 0.6) is 0 Å². The van der Waals surface area contributed by atoms with Crippen molar-refractivity contribution in [3.8, 4) is 0 Å². The Bertz CT molecular complexity index is 573. The second kappa shape index (κ2) is 3.96. The van der Waals surface area contributed by atoms with Crippen molar-refractivity contribution in [2.24, 2.45) is 0 Å². The molecule has 3 aromatic rings. The summed E-state index contributed by atoms with van der Waals surface area (Å²) in [6.07, 6.45) is 0. The first-order valence-corrected chi connectivity index (χ1v) is 6.01. The monoisotopic (exact) mass is 426 g/mol. The van der Waals surface area contributed by atoms with Gasteiger partial charge in [0.15, 0.2) is 0 Å². The Labute approximate surface area is 101 Å². The number of hydrogen-bond donors (Lipinski definition) is 0. The molecule has 1 aromatic heterocycles. The fourth-order valence-corrected chi connectivity index (χ4v) is 3.05. The van der Waals surface area contributed by atoms with Crippen molar-refractivity contribution in [2.75, 3.05) is 0 Å². The summed E-state index contributed by atoms with van der Waals surface area (Å²) in [7, 11) is 0. The van der Waals surface area contributed by atoms with Gasteiger partial charge in [0.1, 0.15) is 0 Å². The molecule has 3 heteroatoms. The number of hydrogen-bond acceptors (Lipinski definition) is 1. The topological polar surface area (TPSA) is 12.9 Å². The molecule has 2 aromatic carbocycles. The third-order valence-electron chi connectivity index (χ3n) is 2.23. The molecule has 14 heavy (non-hydrogen) atoms. The molecule has 1 nitrogen and oxygen atoms in total. The summed E-state index contributed by atoms with van der Waals surface area (Å²) in [5, 5.41) is 4.62. The maximum atomic E-state index is 4.43. The molecule has 0 unspecified atom stereocenters. The van der Waals surface area contributed by atoms with Crippen LogP contribution in [-0.2, 0) is 20.1 Å². The molecule has 0 atom stereocenters. The molecular weight excluding hydrogens is 417 g/mol. The van der Waals surface area contributed by atoms with Crippen molar-refractivity contribution in [3.63, 3.8) is 0 Å². The van der Waals surface area contributed by atoms with Crippen LogP contribution in [0.3, 0.4) is 0 Å². The summed E-state index contributed by atoms with van der Waals surface area (Å²) >= 11 is 0.458. The normalized spacial score (nSPS) is 10.3. The summed E-state index contributed by atoms with van der Waals surface area (Å²) in [6, 6.07) is 12.8. The van der Waals surface area contributed by atoms with Gasteiger partial charge in [0.2, 0.25) is 0 Å². The first kappa shape index (κ1) is 10.1. The van der Waals surface area contributed by atoms with Gasteiger partial charge in [-0.25, -0.2) is 0 Å². The predicted octanol–water partition coefficient (Wildman–Crippen LogP) is 2.44. The molecule has 0 saturated heterocycles. The number of aromatic nitrogens is 1. The van der Waals surface area contributed by atoms with Gasteiger partial charge in [-0.05, 0) is 0 Å². The van der Waals surface area contributed by atoms with Crippen LogP contribution in [0.1, 0.15) is 0 Å². The van der Waals surface area contributed by atoms with Crippen molar-refractivity contribution < 1.29 is 20.1 Å². The van der Waals surface area contributed by atoms with Gasteiger partial charge in [-0.3, -0.25) is 0 Å². The van der Waals surface area contributed by atoms with E-state index in [2.05, 4.69) is 41.4 Å². The molecular formula is C11H7IrNSe. The standard InChI is InChI=1S/C11H7NSe.Ir/c1-2-4-9-8(3-1)5-6-10-11(9)12-7-13-10;/h1-7H;. The molecule has 0 spiro atoms. The first-order chi connectivity index (χ1) is 6.45. The number of nitrogens with zero attached hydrogens (tertiary/aromatic N) is 1. The molecule has 1 radical (unpaired) electrons. The maximum absolute atomic E-state index is 4.43. The van der Waals surface area contributed by atoms with Crippen LogP contribution in [0.15, 0.2) is 41.5 Å². The second-order valence-corrected chi connectivity index (χ2v) is 4.85. The minimum absolute atomic E-state index is 0. The average molecular weight is 424 g/mol. The van der Waals surface area contributed by atoms with Crippen molar-refractivity contribution in [2.45, 2.75) is 0 Å².